The van der Waals surface area contributed by atoms with Crippen LogP contribution in [0.3, 0.4) is 0 Å². The molecule has 1 saturated heterocycles. The van der Waals surface area contributed by atoms with Gasteiger partial charge in [0.25, 0.3) is 0 Å². The molecule has 2 heterocycles. The first kappa shape index (κ1) is 14.4. The Morgan fingerprint density at radius 3 is 2.90 bits per heavy atom. The van der Waals surface area contributed by atoms with Crippen LogP contribution in [0.1, 0.15) is 25.0 Å². The minimum absolute atomic E-state index is 0.0435. The van der Waals surface area contributed by atoms with Crippen LogP contribution < -0.4 is 5.32 Å². The number of nitrogens with zero attached hydrogens (tertiary/aromatic N) is 3. The van der Waals surface area contributed by atoms with Crippen molar-refractivity contribution >= 4 is 17.7 Å². The molecule has 1 aromatic heterocycles. The molecule has 110 valence electrons. The molecule has 2 N–H and O–H groups in total. The van der Waals surface area contributed by atoms with Crippen molar-refractivity contribution in [1.29, 1.82) is 0 Å². The highest BCUT2D eigenvalue weighted by Crippen LogP contribution is 2.21. The predicted octanol–water partition coefficient (Wildman–Crippen LogP) is 1.45. The molecule has 0 spiro atoms. The molecule has 1 aliphatic heterocycles. The number of hydrogen-bond donors (Lipinski definition) is 2. The van der Waals surface area contributed by atoms with Crippen LogP contribution in [0.15, 0.2) is 6.20 Å². The highest BCUT2D eigenvalue weighted by molar-refractivity contribution is 5.89. The van der Waals surface area contributed by atoms with Crippen LogP contribution in [0.5, 0.6) is 0 Å². The van der Waals surface area contributed by atoms with Gasteiger partial charge < -0.3 is 15.3 Å². The van der Waals surface area contributed by atoms with Gasteiger partial charge in [0.2, 0.25) is 0 Å². The second-order valence-electron chi connectivity index (χ2n) is 5.28. The summed E-state index contributed by atoms with van der Waals surface area (Å²) in [6.45, 7) is 3.00. The Morgan fingerprint density at radius 2 is 2.30 bits per heavy atom. The molecule has 1 fully saturated rings. The summed E-state index contributed by atoms with van der Waals surface area (Å²) in [6, 6.07) is -0.184. The molecule has 2 rings (SSSR count). The van der Waals surface area contributed by atoms with Crippen LogP contribution in [0.25, 0.3) is 0 Å². The number of anilines is 1. The number of aliphatic carboxylic acids is 1. The van der Waals surface area contributed by atoms with E-state index in [0.29, 0.717) is 18.8 Å². The van der Waals surface area contributed by atoms with Gasteiger partial charge in [0.1, 0.15) is 0 Å². The summed E-state index contributed by atoms with van der Waals surface area (Å²) in [7, 11) is 1.80. The van der Waals surface area contributed by atoms with Crippen molar-refractivity contribution in [3.05, 3.63) is 11.9 Å². The lowest BCUT2D eigenvalue weighted by atomic mass is 9.95. The average Bonchev–Trinajstić information content (AvgIpc) is 2.67. The second-order valence-corrected chi connectivity index (χ2v) is 5.28. The molecule has 1 aromatic rings. The number of carbonyl (C=O) groups is 2. The summed E-state index contributed by atoms with van der Waals surface area (Å²) in [6.07, 6.45) is 3.58. The lowest BCUT2D eigenvalue weighted by Crippen LogP contribution is -2.42. The number of rotatable bonds is 3. The Labute approximate surface area is 117 Å². The smallest absolute Gasteiger partial charge is 0.321 e. The maximum absolute atomic E-state index is 12.2. The largest absolute Gasteiger partial charge is 0.481 e. The van der Waals surface area contributed by atoms with E-state index in [1.54, 1.807) is 22.8 Å². The highest BCUT2D eigenvalue weighted by atomic mass is 16.4. The molecule has 1 unspecified atom stereocenters. The van der Waals surface area contributed by atoms with Gasteiger partial charge in [0.15, 0.2) is 0 Å². The van der Waals surface area contributed by atoms with Crippen molar-refractivity contribution < 1.29 is 14.7 Å². The fourth-order valence-electron chi connectivity index (χ4n) is 2.58. The van der Waals surface area contributed by atoms with Crippen molar-refractivity contribution in [1.82, 2.24) is 14.7 Å². The van der Waals surface area contributed by atoms with Crippen LogP contribution in [0.2, 0.25) is 0 Å². The third kappa shape index (κ3) is 3.49. The minimum Gasteiger partial charge on any atom is -0.481 e. The Bertz CT molecular complexity index is 512. The monoisotopic (exact) mass is 280 g/mol. The number of amides is 2. The Kier molecular flexibility index (Phi) is 4.26. The number of carbonyl (C=O) groups excluding carboxylic acids is 1. The molecule has 0 saturated carbocycles. The molecule has 7 nitrogen and oxygen atoms in total. The van der Waals surface area contributed by atoms with Gasteiger partial charge in [-0.3, -0.25) is 9.48 Å². The van der Waals surface area contributed by atoms with Gasteiger partial charge >= 0.3 is 12.0 Å². The summed E-state index contributed by atoms with van der Waals surface area (Å²) < 4.78 is 1.65. The van der Waals surface area contributed by atoms with Crippen molar-refractivity contribution in [2.75, 3.05) is 18.4 Å². The lowest BCUT2D eigenvalue weighted by Gasteiger charge is -2.32. The van der Waals surface area contributed by atoms with E-state index in [1.807, 2.05) is 6.92 Å². The number of aromatic nitrogens is 2. The van der Waals surface area contributed by atoms with Crippen LogP contribution in [-0.2, 0) is 11.8 Å². The molecule has 2 amide bonds. The van der Waals surface area contributed by atoms with E-state index in [1.165, 1.54) is 0 Å². The first-order valence-electron chi connectivity index (χ1n) is 6.73. The maximum atomic E-state index is 12.2. The van der Waals surface area contributed by atoms with Gasteiger partial charge in [-0.1, -0.05) is 0 Å². The molecule has 0 aromatic carbocycles. The summed E-state index contributed by atoms with van der Waals surface area (Å²) in [5.41, 5.74) is 1.46. The summed E-state index contributed by atoms with van der Waals surface area (Å²) in [5.74, 6) is -0.762. The molecular weight excluding hydrogens is 260 g/mol. The van der Waals surface area contributed by atoms with E-state index in [2.05, 4.69) is 10.4 Å². The zero-order chi connectivity index (χ0) is 14.7. The highest BCUT2D eigenvalue weighted by Gasteiger charge is 2.25. The van der Waals surface area contributed by atoms with Crippen molar-refractivity contribution in [3.8, 4) is 0 Å². The zero-order valence-electron chi connectivity index (χ0n) is 11.8. The predicted molar refractivity (Wildman–Crippen MR) is 73.5 cm³/mol. The molecule has 0 radical (unpaired) electrons. The second kappa shape index (κ2) is 5.94. The average molecular weight is 280 g/mol. The number of hydrogen-bond acceptors (Lipinski definition) is 3. The van der Waals surface area contributed by atoms with Gasteiger partial charge in [0, 0.05) is 32.8 Å². The number of aryl methyl sites for hydroxylation is 2. The lowest BCUT2D eigenvalue weighted by molar-refractivity contribution is -0.138. The van der Waals surface area contributed by atoms with Gasteiger partial charge in [0.05, 0.1) is 11.4 Å². The van der Waals surface area contributed by atoms with E-state index < -0.39 is 5.97 Å². The summed E-state index contributed by atoms with van der Waals surface area (Å²) in [5, 5.41) is 15.8. The van der Waals surface area contributed by atoms with E-state index in [4.69, 9.17) is 5.11 Å². The van der Waals surface area contributed by atoms with Gasteiger partial charge in [-0.15, -0.1) is 0 Å². The number of likely N-dealkylation sites (tertiary alicyclic amines) is 1. The fraction of sp³-hybridized carbons (Fsp3) is 0.615. The van der Waals surface area contributed by atoms with Gasteiger partial charge in [-0.25, -0.2) is 4.79 Å². The molecule has 0 bridgehead atoms. The van der Waals surface area contributed by atoms with E-state index in [0.717, 1.165) is 18.5 Å². The van der Waals surface area contributed by atoms with Gasteiger partial charge in [-0.05, 0) is 25.7 Å². The normalized spacial score (nSPS) is 18.9. The van der Waals surface area contributed by atoms with E-state index in [-0.39, 0.29) is 18.4 Å². The van der Waals surface area contributed by atoms with Crippen LogP contribution in [0, 0.1) is 12.8 Å². The van der Waals surface area contributed by atoms with Gasteiger partial charge in [-0.2, -0.15) is 5.10 Å². The molecular formula is C13H20N4O3. The number of nitrogens with one attached hydrogen (secondary N) is 1. The third-order valence-corrected chi connectivity index (χ3v) is 3.52. The quantitative estimate of drug-likeness (QED) is 0.877. The van der Waals surface area contributed by atoms with Crippen LogP contribution in [-0.4, -0.2) is 44.9 Å². The number of carboxylic acid groups (broad SMARTS) is 1. The van der Waals surface area contributed by atoms with Crippen LogP contribution in [0.4, 0.5) is 10.5 Å². The van der Waals surface area contributed by atoms with E-state index in [9.17, 15) is 9.59 Å². The summed E-state index contributed by atoms with van der Waals surface area (Å²) >= 11 is 0. The molecule has 7 heteroatoms. The van der Waals surface area contributed by atoms with E-state index >= 15 is 0 Å². The SMILES string of the molecule is Cc1nn(C)cc1NC(=O)N1CCCC(CC(=O)O)C1. The Balaban J connectivity index is 1.95. The first-order chi connectivity index (χ1) is 9.45. The number of carboxylic acids is 1. The number of urea groups is 1. The molecule has 1 atom stereocenters. The van der Waals surface area contributed by atoms with Crippen molar-refractivity contribution in [2.45, 2.75) is 26.2 Å². The maximum Gasteiger partial charge on any atom is 0.321 e. The fourth-order valence-corrected chi connectivity index (χ4v) is 2.58. The topological polar surface area (TPSA) is 87.5 Å². The molecule has 0 aliphatic carbocycles. The van der Waals surface area contributed by atoms with Crippen LogP contribution >= 0.6 is 0 Å². The number of piperidine rings is 1. The first-order valence-corrected chi connectivity index (χ1v) is 6.73. The standard InChI is InChI=1S/C13H20N4O3/c1-9-11(8-16(2)15-9)14-13(20)17-5-3-4-10(7-17)6-12(18)19/h8,10H,3-7H2,1-2H3,(H,14,20)(H,18,19). The molecule has 20 heavy (non-hydrogen) atoms. The zero-order valence-corrected chi connectivity index (χ0v) is 11.8. The van der Waals surface area contributed by atoms with Crippen molar-refractivity contribution in [3.63, 3.8) is 0 Å². The third-order valence-electron chi connectivity index (χ3n) is 3.52. The van der Waals surface area contributed by atoms with Crippen molar-refractivity contribution in [2.24, 2.45) is 13.0 Å². The Morgan fingerprint density at radius 1 is 1.55 bits per heavy atom. The Hall–Kier alpha value is -2.05. The molecule has 1 aliphatic rings. The minimum atomic E-state index is -0.805. The summed E-state index contributed by atoms with van der Waals surface area (Å²) in [4.78, 5) is 24.6.